The van der Waals surface area contributed by atoms with Crippen molar-refractivity contribution in [1.82, 2.24) is 10.2 Å². The van der Waals surface area contributed by atoms with Gasteiger partial charge in [0.1, 0.15) is 12.4 Å². The quantitative estimate of drug-likeness (QED) is 0.806. The Labute approximate surface area is 143 Å². The lowest BCUT2D eigenvalue weighted by Crippen LogP contribution is -2.33. The summed E-state index contributed by atoms with van der Waals surface area (Å²) in [6, 6.07) is 9.12. The molecule has 0 aliphatic carbocycles. The number of hydrogen-bond donors (Lipinski definition) is 2. The van der Waals surface area contributed by atoms with Gasteiger partial charge in [0.15, 0.2) is 0 Å². The van der Waals surface area contributed by atoms with Gasteiger partial charge >= 0.3 is 6.03 Å². The highest BCUT2D eigenvalue weighted by molar-refractivity contribution is 5.89. The fourth-order valence-corrected chi connectivity index (χ4v) is 2.61. The smallest absolute Gasteiger partial charge is 0.319 e. The summed E-state index contributed by atoms with van der Waals surface area (Å²) in [6.45, 7) is 5.99. The molecule has 0 bridgehead atoms. The number of benzene rings is 1. The first-order chi connectivity index (χ1) is 11.7. The van der Waals surface area contributed by atoms with Crippen molar-refractivity contribution in [2.75, 3.05) is 38.1 Å². The van der Waals surface area contributed by atoms with E-state index in [4.69, 9.17) is 10.00 Å². The molecule has 1 aliphatic rings. The van der Waals surface area contributed by atoms with Crippen LogP contribution in [0.4, 0.5) is 10.5 Å². The van der Waals surface area contributed by atoms with Gasteiger partial charge < -0.3 is 15.4 Å². The van der Waals surface area contributed by atoms with Crippen molar-refractivity contribution in [1.29, 1.82) is 5.26 Å². The van der Waals surface area contributed by atoms with E-state index in [0.29, 0.717) is 18.8 Å². The Kier molecular flexibility index (Phi) is 7.37. The third-order valence-corrected chi connectivity index (χ3v) is 4.01. The maximum absolute atomic E-state index is 11.8. The molecule has 2 N–H and O–H groups in total. The molecule has 0 spiro atoms. The zero-order valence-electron chi connectivity index (χ0n) is 14.3. The lowest BCUT2D eigenvalue weighted by atomic mass is 10.1. The van der Waals surface area contributed by atoms with E-state index in [1.54, 1.807) is 6.92 Å². The van der Waals surface area contributed by atoms with Gasteiger partial charge in [0, 0.05) is 24.8 Å². The molecule has 1 aliphatic heterocycles. The second-order valence-corrected chi connectivity index (χ2v) is 6.14. The Morgan fingerprint density at radius 3 is 2.92 bits per heavy atom. The van der Waals surface area contributed by atoms with E-state index >= 15 is 0 Å². The van der Waals surface area contributed by atoms with Gasteiger partial charge in [-0.25, -0.2) is 4.79 Å². The molecular weight excluding hydrogens is 304 g/mol. The first-order valence-electron chi connectivity index (χ1n) is 8.57. The molecule has 0 aromatic heterocycles. The molecular formula is C18H26N4O2. The van der Waals surface area contributed by atoms with Crippen molar-refractivity contribution in [2.45, 2.75) is 26.2 Å². The van der Waals surface area contributed by atoms with E-state index in [0.717, 1.165) is 25.4 Å². The summed E-state index contributed by atoms with van der Waals surface area (Å²) >= 11 is 0. The molecule has 2 amide bonds. The van der Waals surface area contributed by atoms with Gasteiger partial charge in [0.25, 0.3) is 0 Å². The summed E-state index contributed by atoms with van der Waals surface area (Å²) < 4.78 is 5.79. The van der Waals surface area contributed by atoms with E-state index in [2.05, 4.69) is 21.6 Å². The first kappa shape index (κ1) is 18.1. The molecule has 6 heteroatoms. The molecule has 2 rings (SSSR count). The maximum atomic E-state index is 11.8. The summed E-state index contributed by atoms with van der Waals surface area (Å²) in [7, 11) is 0. The Morgan fingerprint density at radius 2 is 2.17 bits per heavy atom. The number of rotatable bonds is 7. The van der Waals surface area contributed by atoms with Crippen molar-refractivity contribution in [3.63, 3.8) is 0 Å². The Morgan fingerprint density at radius 1 is 1.38 bits per heavy atom. The van der Waals surface area contributed by atoms with Crippen LogP contribution in [0.3, 0.4) is 0 Å². The van der Waals surface area contributed by atoms with Crippen LogP contribution in [-0.4, -0.2) is 43.7 Å². The standard InChI is InChI=1S/C18H26N4O2/c1-15(13-19)14-20-18(23)21-16-6-5-7-17(12-16)24-11-10-22-8-3-2-4-9-22/h5-7,12,15H,2-4,8-11,14H2,1H3,(H2,20,21,23)/t15-/m0/s1. The second kappa shape index (κ2) is 9.78. The summed E-state index contributed by atoms with van der Waals surface area (Å²) in [4.78, 5) is 14.2. The summed E-state index contributed by atoms with van der Waals surface area (Å²) in [5.74, 6) is 0.537. The zero-order valence-corrected chi connectivity index (χ0v) is 14.3. The van der Waals surface area contributed by atoms with Crippen molar-refractivity contribution in [3.8, 4) is 11.8 Å². The number of nitriles is 1. The summed E-state index contributed by atoms with van der Waals surface area (Å²) in [5.41, 5.74) is 0.674. The van der Waals surface area contributed by atoms with Crippen LogP contribution in [-0.2, 0) is 0 Å². The molecule has 1 heterocycles. The molecule has 130 valence electrons. The lowest BCUT2D eigenvalue weighted by molar-refractivity contribution is 0.183. The van der Waals surface area contributed by atoms with E-state index in [1.807, 2.05) is 24.3 Å². The first-order valence-corrected chi connectivity index (χ1v) is 8.57. The average molecular weight is 330 g/mol. The van der Waals surface area contributed by atoms with Crippen molar-refractivity contribution >= 4 is 11.7 Å². The number of amides is 2. The third kappa shape index (κ3) is 6.47. The average Bonchev–Trinajstić information content (AvgIpc) is 2.61. The van der Waals surface area contributed by atoms with Crippen molar-refractivity contribution in [2.24, 2.45) is 5.92 Å². The number of carbonyl (C=O) groups excluding carboxylic acids is 1. The van der Waals surface area contributed by atoms with Gasteiger partial charge in [-0.1, -0.05) is 12.5 Å². The Hall–Kier alpha value is -2.26. The Balaban J connectivity index is 1.74. The fourth-order valence-electron chi connectivity index (χ4n) is 2.61. The number of urea groups is 1. The minimum atomic E-state index is -0.317. The molecule has 0 unspecified atom stereocenters. The van der Waals surface area contributed by atoms with Gasteiger partial charge in [0.2, 0.25) is 0 Å². The largest absolute Gasteiger partial charge is 0.492 e. The Bertz CT molecular complexity index is 564. The van der Waals surface area contributed by atoms with Crippen LogP contribution in [0.2, 0.25) is 0 Å². The van der Waals surface area contributed by atoms with Crippen molar-refractivity contribution < 1.29 is 9.53 Å². The van der Waals surface area contributed by atoms with Crippen LogP contribution in [0, 0.1) is 17.2 Å². The fraction of sp³-hybridized carbons (Fsp3) is 0.556. The normalized spacial score (nSPS) is 16.0. The number of nitrogens with one attached hydrogen (secondary N) is 2. The van der Waals surface area contributed by atoms with Crippen LogP contribution in [0.15, 0.2) is 24.3 Å². The summed E-state index contributed by atoms with van der Waals surface area (Å²) in [6.07, 6.45) is 3.89. The van der Waals surface area contributed by atoms with Gasteiger partial charge in [-0.05, 0) is 45.0 Å². The molecule has 1 atom stereocenters. The van der Waals surface area contributed by atoms with Crippen LogP contribution < -0.4 is 15.4 Å². The highest BCUT2D eigenvalue weighted by Crippen LogP contribution is 2.17. The molecule has 6 nitrogen and oxygen atoms in total. The number of nitrogens with zero attached hydrogens (tertiary/aromatic N) is 2. The van der Waals surface area contributed by atoms with Crippen LogP contribution in [0.1, 0.15) is 26.2 Å². The molecule has 24 heavy (non-hydrogen) atoms. The minimum absolute atomic E-state index is 0.208. The summed E-state index contributed by atoms with van der Waals surface area (Å²) in [5, 5.41) is 14.1. The molecule has 1 aromatic carbocycles. The molecule has 0 saturated carbocycles. The van der Waals surface area contributed by atoms with E-state index in [9.17, 15) is 4.79 Å². The predicted molar refractivity (Wildman–Crippen MR) is 94.0 cm³/mol. The zero-order chi connectivity index (χ0) is 17.2. The van der Waals surface area contributed by atoms with Crippen LogP contribution in [0.5, 0.6) is 5.75 Å². The number of ether oxygens (including phenoxy) is 1. The van der Waals surface area contributed by atoms with Gasteiger partial charge in [-0.15, -0.1) is 0 Å². The number of hydrogen-bond acceptors (Lipinski definition) is 4. The maximum Gasteiger partial charge on any atom is 0.319 e. The topological polar surface area (TPSA) is 77.4 Å². The molecule has 1 saturated heterocycles. The number of likely N-dealkylation sites (tertiary alicyclic amines) is 1. The second-order valence-electron chi connectivity index (χ2n) is 6.14. The SMILES string of the molecule is C[C@@H](C#N)CNC(=O)Nc1cccc(OCCN2CCCCC2)c1. The minimum Gasteiger partial charge on any atom is -0.492 e. The number of anilines is 1. The van der Waals surface area contributed by atoms with Crippen LogP contribution >= 0.6 is 0 Å². The van der Waals surface area contributed by atoms with E-state index < -0.39 is 0 Å². The molecule has 0 radical (unpaired) electrons. The number of carbonyl (C=O) groups is 1. The molecule has 1 aromatic rings. The molecule has 1 fully saturated rings. The monoisotopic (exact) mass is 330 g/mol. The van der Waals surface area contributed by atoms with Gasteiger partial charge in [0.05, 0.1) is 12.0 Å². The van der Waals surface area contributed by atoms with Crippen LogP contribution in [0.25, 0.3) is 0 Å². The highest BCUT2D eigenvalue weighted by Gasteiger charge is 2.10. The number of piperidine rings is 1. The van der Waals surface area contributed by atoms with E-state index in [-0.39, 0.29) is 11.9 Å². The van der Waals surface area contributed by atoms with Gasteiger partial charge in [-0.3, -0.25) is 4.90 Å². The highest BCUT2D eigenvalue weighted by atomic mass is 16.5. The third-order valence-electron chi connectivity index (χ3n) is 4.01. The lowest BCUT2D eigenvalue weighted by Gasteiger charge is -2.26. The van der Waals surface area contributed by atoms with Crippen molar-refractivity contribution in [3.05, 3.63) is 24.3 Å². The van der Waals surface area contributed by atoms with Gasteiger partial charge in [-0.2, -0.15) is 5.26 Å². The predicted octanol–water partition coefficient (Wildman–Crippen LogP) is 2.83. The van der Waals surface area contributed by atoms with E-state index in [1.165, 1.54) is 19.3 Å².